The van der Waals surface area contributed by atoms with E-state index in [1.807, 2.05) is 0 Å². The lowest BCUT2D eigenvalue weighted by Crippen LogP contribution is -2.13. The van der Waals surface area contributed by atoms with Crippen molar-refractivity contribution in [3.8, 4) is 0 Å². The van der Waals surface area contributed by atoms with Gasteiger partial charge >= 0.3 is 0 Å². The van der Waals surface area contributed by atoms with Crippen LogP contribution in [0.25, 0.3) is 10.9 Å². The van der Waals surface area contributed by atoms with E-state index in [4.69, 9.17) is 0 Å². The molecule has 0 spiro atoms. The highest BCUT2D eigenvalue weighted by Crippen LogP contribution is 2.19. The van der Waals surface area contributed by atoms with Crippen molar-refractivity contribution in [3.05, 3.63) is 36.0 Å². The summed E-state index contributed by atoms with van der Waals surface area (Å²) in [5.74, 6) is 0. The van der Waals surface area contributed by atoms with Gasteiger partial charge in [0.15, 0.2) is 0 Å². The number of nitrogens with one attached hydrogen (secondary N) is 1. The topological polar surface area (TPSA) is 17.0 Å². The van der Waals surface area contributed by atoms with Crippen molar-refractivity contribution in [3.63, 3.8) is 0 Å². The Bertz CT molecular complexity index is 527. The Kier molecular flexibility index (Phi) is 6.81. The molecule has 0 aliphatic heterocycles. The predicted octanol–water partition coefficient (Wildman–Crippen LogP) is 5.11. The maximum atomic E-state index is 3.48. The van der Waals surface area contributed by atoms with Gasteiger partial charge < -0.3 is 9.88 Å². The second-order valence-corrected chi connectivity index (χ2v) is 5.99. The summed E-state index contributed by atoms with van der Waals surface area (Å²) < 4.78 is 2.42. The van der Waals surface area contributed by atoms with Gasteiger partial charge in [0.05, 0.1) is 0 Å². The van der Waals surface area contributed by atoms with Gasteiger partial charge in [0, 0.05) is 24.8 Å². The summed E-state index contributed by atoms with van der Waals surface area (Å²) in [5.41, 5.74) is 2.78. The van der Waals surface area contributed by atoms with Crippen molar-refractivity contribution in [2.75, 3.05) is 6.54 Å². The van der Waals surface area contributed by atoms with Crippen LogP contribution in [0.5, 0.6) is 0 Å². The van der Waals surface area contributed by atoms with Crippen molar-refractivity contribution in [2.24, 2.45) is 0 Å². The Morgan fingerprint density at radius 3 is 2.62 bits per heavy atom. The van der Waals surface area contributed by atoms with Crippen LogP contribution in [0.1, 0.15) is 57.9 Å². The predicted molar refractivity (Wildman–Crippen MR) is 92.7 cm³/mol. The Labute approximate surface area is 129 Å². The van der Waals surface area contributed by atoms with Crippen molar-refractivity contribution < 1.29 is 0 Å². The summed E-state index contributed by atoms with van der Waals surface area (Å²) in [6.07, 6.45) is 10.2. The van der Waals surface area contributed by atoms with Gasteiger partial charge in [0.25, 0.3) is 0 Å². The fourth-order valence-electron chi connectivity index (χ4n) is 2.83. The lowest BCUT2D eigenvalue weighted by molar-refractivity contribution is 0.577. The second kappa shape index (κ2) is 8.89. The number of hydrogen-bond donors (Lipinski definition) is 1. The third kappa shape index (κ3) is 4.89. The van der Waals surface area contributed by atoms with Gasteiger partial charge in [-0.3, -0.25) is 0 Å². The number of unbranched alkanes of at least 4 members (excludes halogenated alkanes) is 4. The molecule has 0 unspecified atom stereocenters. The van der Waals surface area contributed by atoms with Crippen LogP contribution in [0.15, 0.2) is 30.5 Å². The number of benzene rings is 1. The summed E-state index contributed by atoms with van der Waals surface area (Å²) in [6, 6.07) is 9.09. The zero-order chi connectivity index (χ0) is 14.9. The molecule has 2 heteroatoms. The van der Waals surface area contributed by atoms with Gasteiger partial charge in [-0.1, -0.05) is 51.7 Å². The van der Waals surface area contributed by atoms with Gasteiger partial charge in [-0.25, -0.2) is 0 Å². The van der Waals surface area contributed by atoms with Gasteiger partial charge in [-0.2, -0.15) is 0 Å². The average molecular weight is 286 g/mol. The van der Waals surface area contributed by atoms with E-state index in [9.17, 15) is 0 Å². The number of aryl methyl sites for hydroxylation is 1. The molecule has 0 aliphatic rings. The monoisotopic (exact) mass is 286 g/mol. The largest absolute Gasteiger partial charge is 0.347 e. The van der Waals surface area contributed by atoms with Crippen molar-refractivity contribution >= 4 is 10.9 Å². The van der Waals surface area contributed by atoms with Gasteiger partial charge in [-0.15, -0.1) is 0 Å². The molecule has 2 rings (SSSR count). The van der Waals surface area contributed by atoms with Gasteiger partial charge in [0.1, 0.15) is 0 Å². The molecule has 1 heterocycles. The van der Waals surface area contributed by atoms with Crippen LogP contribution in [-0.4, -0.2) is 11.1 Å². The highest BCUT2D eigenvalue weighted by Gasteiger charge is 2.02. The zero-order valence-corrected chi connectivity index (χ0v) is 13.7. The molecule has 0 atom stereocenters. The van der Waals surface area contributed by atoms with Crippen LogP contribution in [0.3, 0.4) is 0 Å². The Balaban J connectivity index is 1.94. The fourth-order valence-corrected chi connectivity index (χ4v) is 2.83. The third-order valence-electron chi connectivity index (χ3n) is 4.10. The van der Waals surface area contributed by atoms with E-state index in [1.165, 1.54) is 55.0 Å². The third-order valence-corrected chi connectivity index (χ3v) is 4.10. The fraction of sp³-hybridized carbons (Fsp3) is 0.579. The molecule has 0 fully saturated rings. The molecule has 0 amide bonds. The normalized spacial score (nSPS) is 11.3. The van der Waals surface area contributed by atoms with Crippen LogP contribution >= 0.6 is 0 Å². The van der Waals surface area contributed by atoms with Crippen LogP contribution in [0.4, 0.5) is 0 Å². The first kappa shape index (κ1) is 16.1. The lowest BCUT2D eigenvalue weighted by Gasteiger charge is -2.08. The molecule has 116 valence electrons. The number of aromatic nitrogens is 1. The maximum Gasteiger partial charge on any atom is 0.0483 e. The maximum absolute atomic E-state index is 3.48. The van der Waals surface area contributed by atoms with Gasteiger partial charge in [0.2, 0.25) is 0 Å². The Morgan fingerprint density at radius 1 is 0.952 bits per heavy atom. The summed E-state index contributed by atoms with van der Waals surface area (Å²) in [7, 11) is 0. The van der Waals surface area contributed by atoms with Crippen molar-refractivity contribution in [1.82, 2.24) is 9.88 Å². The lowest BCUT2D eigenvalue weighted by atomic mass is 10.1. The van der Waals surface area contributed by atoms with E-state index in [1.54, 1.807) is 0 Å². The zero-order valence-electron chi connectivity index (χ0n) is 13.7. The summed E-state index contributed by atoms with van der Waals surface area (Å²) in [5, 5.41) is 4.85. The first-order valence-electron chi connectivity index (χ1n) is 8.63. The minimum Gasteiger partial charge on any atom is -0.347 e. The van der Waals surface area contributed by atoms with Crippen molar-refractivity contribution in [2.45, 2.75) is 65.5 Å². The first-order valence-corrected chi connectivity index (χ1v) is 8.63. The molecule has 1 N–H and O–H groups in total. The minimum atomic E-state index is 0.978. The van der Waals surface area contributed by atoms with E-state index < -0.39 is 0 Å². The summed E-state index contributed by atoms with van der Waals surface area (Å²) in [4.78, 5) is 0. The number of rotatable bonds is 10. The van der Waals surface area contributed by atoms with E-state index in [-0.39, 0.29) is 0 Å². The smallest absolute Gasteiger partial charge is 0.0483 e. The molecule has 2 aromatic rings. The SMILES string of the molecule is CCCCCCCn1ccc2ccc(CNCCC)cc21. The Hall–Kier alpha value is -1.28. The average Bonchev–Trinajstić information content (AvgIpc) is 2.90. The molecule has 21 heavy (non-hydrogen) atoms. The molecular formula is C19H30N2. The Morgan fingerprint density at radius 2 is 1.81 bits per heavy atom. The van der Waals surface area contributed by atoms with Gasteiger partial charge in [-0.05, 0) is 42.5 Å². The second-order valence-electron chi connectivity index (χ2n) is 5.99. The first-order chi connectivity index (χ1) is 10.3. The molecule has 0 radical (unpaired) electrons. The van der Waals surface area contributed by atoms with Crippen LogP contribution in [-0.2, 0) is 13.1 Å². The molecule has 0 aliphatic carbocycles. The van der Waals surface area contributed by atoms with Crippen molar-refractivity contribution in [1.29, 1.82) is 0 Å². The van der Waals surface area contributed by atoms with Crippen LogP contribution in [0, 0.1) is 0 Å². The number of nitrogens with zero attached hydrogens (tertiary/aromatic N) is 1. The van der Waals surface area contributed by atoms with E-state index in [0.717, 1.165) is 19.6 Å². The standard InChI is InChI=1S/C19H30N2/c1-3-5-6-7-8-13-21-14-11-18-10-9-17(15-19(18)21)16-20-12-4-2/h9-11,14-15,20H,3-8,12-13,16H2,1-2H3. The molecular weight excluding hydrogens is 256 g/mol. The number of fused-ring (bicyclic) bond motifs is 1. The van der Waals surface area contributed by atoms with E-state index in [0.29, 0.717) is 0 Å². The number of hydrogen-bond acceptors (Lipinski definition) is 1. The minimum absolute atomic E-state index is 0.978. The molecule has 0 saturated carbocycles. The van der Waals surface area contributed by atoms with E-state index in [2.05, 4.69) is 54.2 Å². The molecule has 0 saturated heterocycles. The molecule has 2 nitrogen and oxygen atoms in total. The highest BCUT2D eigenvalue weighted by atomic mass is 14.9. The molecule has 1 aromatic carbocycles. The quantitative estimate of drug-likeness (QED) is 0.600. The highest BCUT2D eigenvalue weighted by molar-refractivity contribution is 5.80. The summed E-state index contributed by atoms with van der Waals surface area (Å²) >= 11 is 0. The molecule has 0 bridgehead atoms. The molecule has 1 aromatic heterocycles. The van der Waals surface area contributed by atoms with E-state index >= 15 is 0 Å². The summed E-state index contributed by atoms with van der Waals surface area (Å²) in [6.45, 7) is 7.70. The van der Waals surface area contributed by atoms with Crippen LogP contribution < -0.4 is 5.32 Å². The van der Waals surface area contributed by atoms with Crippen LogP contribution in [0.2, 0.25) is 0 Å².